The number of hydrogen-bond acceptors (Lipinski definition) is 5. The molecule has 1 aliphatic rings. The monoisotopic (exact) mass is 500 g/mol. The molecule has 2 unspecified atom stereocenters. The standard InChI is InChI=1S/C23H29BrN6S/c1-12(10-29-14(3)19(24)13(2)27-29)20-26-21-18-16-8-7-15(23(4,5)6)9-17(16)31-22(18)25-11-30(21)28-20/h11-12,15H,7-10H2,1-6H3. The molecule has 2 atom stereocenters. The molecule has 1 aliphatic carbocycles. The van der Waals surface area contributed by atoms with Crippen molar-refractivity contribution in [3.63, 3.8) is 0 Å². The minimum atomic E-state index is 0.152. The SMILES string of the molecule is Cc1nn(CC(C)c2nc3c4c5c(sc4ncn3n2)CC(C(C)(C)C)CC5)c(C)c1Br. The molecule has 0 radical (unpaired) electrons. The van der Waals surface area contributed by atoms with Crippen molar-refractivity contribution in [1.82, 2.24) is 29.4 Å². The van der Waals surface area contributed by atoms with Gasteiger partial charge in [-0.2, -0.15) is 5.10 Å². The van der Waals surface area contributed by atoms with Crippen molar-refractivity contribution in [1.29, 1.82) is 0 Å². The van der Waals surface area contributed by atoms with Gasteiger partial charge < -0.3 is 0 Å². The molecule has 0 saturated heterocycles. The first-order valence-electron chi connectivity index (χ1n) is 11.0. The van der Waals surface area contributed by atoms with Gasteiger partial charge in [-0.05, 0) is 65.9 Å². The Labute approximate surface area is 195 Å². The average Bonchev–Trinajstić information content (AvgIpc) is 3.37. The lowest BCUT2D eigenvalue weighted by Gasteiger charge is -2.33. The highest BCUT2D eigenvalue weighted by Gasteiger charge is 2.32. The lowest BCUT2D eigenvalue weighted by atomic mass is 9.72. The Morgan fingerprint density at radius 2 is 2.03 bits per heavy atom. The first-order chi connectivity index (χ1) is 14.6. The Morgan fingerprint density at radius 3 is 2.71 bits per heavy atom. The van der Waals surface area contributed by atoms with E-state index >= 15 is 0 Å². The fourth-order valence-corrected chi connectivity index (χ4v) is 6.28. The number of fused-ring (bicyclic) bond motifs is 5. The summed E-state index contributed by atoms with van der Waals surface area (Å²) in [5.74, 6) is 1.72. The smallest absolute Gasteiger partial charge is 0.167 e. The molecule has 164 valence electrons. The quantitative estimate of drug-likeness (QED) is 0.352. The summed E-state index contributed by atoms with van der Waals surface area (Å²) in [6.45, 7) is 14.1. The third-order valence-electron chi connectivity index (χ3n) is 6.81. The van der Waals surface area contributed by atoms with Gasteiger partial charge in [-0.25, -0.2) is 14.5 Å². The second-order valence-electron chi connectivity index (χ2n) is 10.0. The van der Waals surface area contributed by atoms with Crippen LogP contribution in [0.1, 0.15) is 67.7 Å². The third-order valence-corrected chi connectivity index (χ3v) is 9.12. The molecular weight excluding hydrogens is 472 g/mol. The molecule has 0 bridgehead atoms. The van der Waals surface area contributed by atoms with E-state index in [9.17, 15) is 0 Å². The molecule has 0 spiro atoms. The van der Waals surface area contributed by atoms with Crippen LogP contribution >= 0.6 is 27.3 Å². The van der Waals surface area contributed by atoms with Crippen molar-refractivity contribution in [2.45, 2.75) is 73.3 Å². The molecule has 5 rings (SSSR count). The molecule has 0 fully saturated rings. The van der Waals surface area contributed by atoms with Gasteiger partial charge in [0.05, 0.1) is 22.1 Å². The minimum Gasteiger partial charge on any atom is -0.268 e. The van der Waals surface area contributed by atoms with Crippen LogP contribution in [0.5, 0.6) is 0 Å². The predicted octanol–water partition coefficient (Wildman–Crippen LogP) is 5.87. The fourth-order valence-electron chi connectivity index (χ4n) is 4.73. The highest BCUT2D eigenvalue weighted by Crippen LogP contribution is 2.43. The molecule has 31 heavy (non-hydrogen) atoms. The van der Waals surface area contributed by atoms with Crippen LogP contribution in [0.4, 0.5) is 0 Å². The van der Waals surface area contributed by atoms with E-state index in [2.05, 4.69) is 55.6 Å². The molecule has 0 saturated carbocycles. The van der Waals surface area contributed by atoms with Gasteiger partial charge in [0.25, 0.3) is 0 Å². The van der Waals surface area contributed by atoms with Crippen LogP contribution in [0.15, 0.2) is 10.8 Å². The second kappa shape index (κ2) is 7.37. The molecule has 4 heterocycles. The molecule has 0 N–H and O–H groups in total. The number of aromatic nitrogens is 6. The topological polar surface area (TPSA) is 60.9 Å². The van der Waals surface area contributed by atoms with Crippen LogP contribution in [0.25, 0.3) is 15.9 Å². The number of aryl methyl sites for hydroxylation is 2. The maximum absolute atomic E-state index is 5.01. The number of halogens is 1. The van der Waals surface area contributed by atoms with Crippen LogP contribution in [-0.2, 0) is 19.4 Å². The van der Waals surface area contributed by atoms with Gasteiger partial charge in [0.15, 0.2) is 11.5 Å². The van der Waals surface area contributed by atoms with Gasteiger partial charge >= 0.3 is 0 Å². The summed E-state index contributed by atoms with van der Waals surface area (Å²) in [5, 5.41) is 10.7. The number of rotatable bonds is 3. The number of nitrogens with zero attached hydrogens (tertiary/aromatic N) is 6. The van der Waals surface area contributed by atoms with Crippen LogP contribution in [-0.4, -0.2) is 29.4 Å². The van der Waals surface area contributed by atoms with E-state index in [4.69, 9.17) is 15.1 Å². The molecule has 4 aromatic rings. The number of thiophene rings is 1. The van der Waals surface area contributed by atoms with Gasteiger partial charge in [-0.3, -0.25) is 4.68 Å². The highest BCUT2D eigenvalue weighted by molar-refractivity contribution is 9.10. The van der Waals surface area contributed by atoms with E-state index in [-0.39, 0.29) is 5.92 Å². The largest absolute Gasteiger partial charge is 0.268 e. The minimum absolute atomic E-state index is 0.152. The van der Waals surface area contributed by atoms with Gasteiger partial charge in [0.2, 0.25) is 0 Å². The van der Waals surface area contributed by atoms with Gasteiger partial charge in [-0.15, -0.1) is 16.4 Å². The number of hydrogen-bond donors (Lipinski definition) is 0. The van der Waals surface area contributed by atoms with Gasteiger partial charge in [0.1, 0.15) is 11.2 Å². The first kappa shape index (κ1) is 21.1. The van der Waals surface area contributed by atoms with Crippen molar-refractivity contribution in [2.24, 2.45) is 11.3 Å². The van der Waals surface area contributed by atoms with Crippen LogP contribution in [0.2, 0.25) is 0 Å². The average molecular weight is 501 g/mol. The highest BCUT2D eigenvalue weighted by atomic mass is 79.9. The summed E-state index contributed by atoms with van der Waals surface area (Å²) < 4.78 is 4.99. The van der Waals surface area contributed by atoms with E-state index < -0.39 is 0 Å². The van der Waals surface area contributed by atoms with Crippen LogP contribution < -0.4 is 0 Å². The Kier molecular flexibility index (Phi) is 5.01. The van der Waals surface area contributed by atoms with Gasteiger partial charge in [-0.1, -0.05) is 27.7 Å². The van der Waals surface area contributed by atoms with Crippen molar-refractivity contribution in [3.8, 4) is 0 Å². The molecule has 0 aliphatic heterocycles. The Bertz CT molecular complexity index is 1290. The molecule has 6 nitrogen and oxygen atoms in total. The zero-order valence-corrected chi connectivity index (χ0v) is 21.4. The van der Waals surface area contributed by atoms with E-state index in [0.717, 1.165) is 57.5 Å². The van der Waals surface area contributed by atoms with Crippen LogP contribution in [0.3, 0.4) is 0 Å². The lowest BCUT2D eigenvalue weighted by Crippen LogP contribution is -2.26. The maximum Gasteiger partial charge on any atom is 0.167 e. The Hall–Kier alpha value is -1.80. The molecule has 0 aromatic carbocycles. The van der Waals surface area contributed by atoms with Crippen molar-refractivity contribution >= 4 is 43.1 Å². The first-order valence-corrected chi connectivity index (χ1v) is 12.6. The second-order valence-corrected chi connectivity index (χ2v) is 11.9. The Balaban J connectivity index is 1.52. The van der Waals surface area contributed by atoms with Crippen molar-refractivity contribution in [2.75, 3.05) is 0 Å². The molecule has 8 heteroatoms. The lowest BCUT2D eigenvalue weighted by molar-refractivity contribution is 0.218. The maximum atomic E-state index is 5.01. The van der Waals surface area contributed by atoms with E-state index in [1.54, 1.807) is 0 Å². The third kappa shape index (κ3) is 3.52. The summed E-state index contributed by atoms with van der Waals surface area (Å²) in [6, 6.07) is 0. The van der Waals surface area contributed by atoms with Gasteiger partial charge in [0, 0.05) is 16.5 Å². The normalized spacial score (nSPS) is 18.1. The van der Waals surface area contributed by atoms with E-state index in [1.165, 1.54) is 22.2 Å². The van der Waals surface area contributed by atoms with E-state index in [1.807, 2.05) is 33.8 Å². The summed E-state index contributed by atoms with van der Waals surface area (Å²) in [5.41, 5.74) is 4.89. The Morgan fingerprint density at radius 1 is 1.26 bits per heavy atom. The fraction of sp³-hybridized carbons (Fsp3) is 0.565. The summed E-state index contributed by atoms with van der Waals surface area (Å²) in [7, 11) is 0. The van der Waals surface area contributed by atoms with E-state index in [0.29, 0.717) is 5.41 Å². The summed E-state index contributed by atoms with van der Waals surface area (Å²) >= 11 is 5.47. The van der Waals surface area contributed by atoms with Crippen LogP contribution in [0, 0.1) is 25.2 Å². The molecular formula is C23H29BrN6S. The predicted molar refractivity (Wildman–Crippen MR) is 129 cm³/mol. The zero-order valence-electron chi connectivity index (χ0n) is 19.0. The zero-order chi connectivity index (χ0) is 22.1. The molecule has 0 amide bonds. The summed E-state index contributed by atoms with van der Waals surface area (Å²) in [6.07, 6.45) is 5.31. The van der Waals surface area contributed by atoms with Crippen molar-refractivity contribution < 1.29 is 0 Å². The summed E-state index contributed by atoms with van der Waals surface area (Å²) in [4.78, 5) is 12.3. The molecule has 4 aromatic heterocycles. The van der Waals surface area contributed by atoms with Crippen molar-refractivity contribution in [3.05, 3.63) is 38.5 Å².